The summed E-state index contributed by atoms with van der Waals surface area (Å²) in [4.78, 5) is 22.2. The summed E-state index contributed by atoms with van der Waals surface area (Å²) in [6.45, 7) is 1.46. The zero-order valence-electron chi connectivity index (χ0n) is 10.3. The monoisotopic (exact) mass is 305 g/mol. The first kappa shape index (κ1) is 15.6. The fraction of sp³-hybridized carbons (Fsp3) is 0.364. The van der Waals surface area contributed by atoms with Gasteiger partial charge in [-0.15, -0.1) is 0 Å². The third-order valence-electron chi connectivity index (χ3n) is 2.70. The number of carbonyl (C=O) groups excluding carboxylic acids is 1. The van der Waals surface area contributed by atoms with E-state index in [4.69, 9.17) is 11.6 Å². The highest BCUT2D eigenvalue weighted by Gasteiger charge is 2.45. The largest absolute Gasteiger partial charge is 0.291 e. The van der Waals surface area contributed by atoms with Crippen molar-refractivity contribution < 1.29 is 18.1 Å². The van der Waals surface area contributed by atoms with Crippen molar-refractivity contribution in [3.63, 3.8) is 0 Å². The number of hydrogen-bond donors (Lipinski definition) is 0. The highest BCUT2D eigenvalue weighted by molar-refractivity contribution is 7.94. The van der Waals surface area contributed by atoms with Crippen LogP contribution < -0.4 is 0 Å². The van der Waals surface area contributed by atoms with E-state index < -0.39 is 24.8 Å². The summed E-state index contributed by atoms with van der Waals surface area (Å²) < 4.78 is 21.2. The van der Waals surface area contributed by atoms with Gasteiger partial charge in [0.1, 0.15) is 0 Å². The Hall–Kier alpha value is -1.47. The Morgan fingerprint density at radius 2 is 2.05 bits per heavy atom. The molecule has 0 spiro atoms. The lowest BCUT2D eigenvalue weighted by molar-refractivity contribution is -0.384. The second kappa shape index (κ2) is 5.26. The van der Waals surface area contributed by atoms with Gasteiger partial charge in [0.25, 0.3) is 5.69 Å². The van der Waals surface area contributed by atoms with Crippen molar-refractivity contribution in [2.24, 2.45) is 0 Å². The maximum atomic E-state index is 12.2. The van der Waals surface area contributed by atoms with Crippen LogP contribution in [0.15, 0.2) is 24.3 Å². The molecule has 0 saturated heterocycles. The number of ketones is 1. The summed E-state index contributed by atoms with van der Waals surface area (Å²) in [7, 11) is -3.85. The van der Waals surface area contributed by atoms with E-state index in [0.29, 0.717) is 0 Å². The van der Waals surface area contributed by atoms with Gasteiger partial charge < -0.3 is 0 Å². The van der Waals surface area contributed by atoms with Gasteiger partial charge in [0.15, 0.2) is 15.6 Å². The van der Waals surface area contributed by atoms with E-state index in [2.05, 4.69) is 0 Å². The number of hydrogen-bond acceptors (Lipinski definition) is 5. The van der Waals surface area contributed by atoms with Crippen molar-refractivity contribution >= 4 is 32.9 Å². The quantitative estimate of drug-likeness (QED) is 0.359. The predicted octanol–water partition coefficient (Wildman–Crippen LogP) is 2.17. The minimum Gasteiger partial charge on any atom is -0.291 e. The number of carbonyl (C=O) groups is 1. The van der Waals surface area contributed by atoms with Crippen LogP contribution in [-0.4, -0.2) is 29.6 Å². The van der Waals surface area contributed by atoms with Crippen molar-refractivity contribution in [3.8, 4) is 0 Å². The Balaban J connectivity index is 3.34. The Morgan fingerprint density at radius 3 is 2.47 bits per heavy atom. The number of nitrogens with zero attached hydrogens (tertiary/aromatic N) is 1. The molecule has 1 atom stereocenters. The Bertz CT molecular complexity index is 628. The fourth-order valence-electron chi connectivity index (χ4n) is 1.57. The van der Waals surface area contributed by atoms with Crippen molar-refractivity contribution in [2.45, 2.75) is 17.6 Å². The van der Waals surface area contributed by atoms with Gasteiger partial charge in [0.05, 0.1) is 4.92 Å². The summed E-state index contributed by atoms with van der Waals surface area (Å²) >= 11 is 5.91. The number of Topliss-reactive ketones (excluding diaryl/α,β-unsaturated/α-hetero) is 1. The lowest BCUT2D eigenvalue weighted by Crippen LogP contribution is -2.40. The van der Waals surface area contributed by atoms with Crippen LogP contribution in [0.4, 0.5) is 5.69 Å². The first-order valence-electron chi connectivity index (χ1n) is 5.31. The Morgan fingerprint density at radius 1 is 1.47 bits per heavy atom. The lowest BCUT2D eigenvalue weighted by Gasteiger charge is -2.21. The second-order valence-corrected chi connectivity index (χ2v) is 7.10. The highest BCUT2D eigenvalue weighted by atomic mass is 35.5. The van der Waals surface area contributed by atoms with E-state index in [1.54, 1.807) is 0 Å². The number of nitro groups is 1. The maximum absolute atomic E-state index is 12.2. The average molecular weight is 306 g/mol. The molecule has 0 amide bonds. The number of alkyl halides is 1. The number of non-ortho nitro benzene ring substituents is 1. The molecule has 0 aliphatic heterocycles. The molecule has 0 radical (unpaired) electrons. The van der Waals surface area contributed by atoms with Gasteiger partial charge >= 0.3 is 0 Å². The molecule has 0 aliphatic carbocycles. The molecule has 0 aromatic heterocycles. The van der Waals surface area contributed by atoms with Crippen molar-refractivity contribution in [2.75, 3.05) is 6.26 Å². The molecule has 0 fully saturated rings. The summed E-state index contributed by atoms with van der Waals surface area (Å²) in [6, 6.07) is 4.83. The van der Waals surface area contributed by atoms with Crippen LogP contribution in [-0.2, 0) is 9.84 Å². The molecule has 6 nitrogen and oxygen atoms in total. The average Bonchev–Trinajstić information content (AvgIpc) is 2.35. The number of nitro benzene ring substituents is 1. The number of sulfone groups is 1. The number of benzene rings is 1. The van der Waals surface area contributed by atoms with Gasteiger partial charge in [-0.05, 0) is 6.42 Å². The van der Waals surface area contributed by atoms with E-state index in [-0.39, 0.29) is 17.7 Å². The minimum atomic E-state index is -3.85. The molecule has 8 heteroatoms. The molecular formula is C11H12ClNO5S. The van der Waals surface area contributed by atoms with Gasteiger partial charge in [-0.2, -0.15) is 0 Å². The van der Waals surface area contributed by atoms with Gasteiger partial charge in [0, 0.05) is 24.0 Å². The SMILES string of the molecule is CC[C@@](Cl)(C(=O)c1cccc([N+](=O)[O-])c1)S(C)(=O)=O. The number of halogens is 1. The van der Waals surface area contributed by atoms with Crippen LogP contribution in [0.3, 0.4) is 0 Å². The molecule has 1 rings (SSSR count). The van der Waals surface area contributed by atoms with Crippen molar-refractivity contribution in [3.05, 3.63) is 39.9 Å². The zero-order valence-corrected chi connectivity index (χ0v) is 11.9. The standard InChI is InChI=1S/C11H12ClNO5S/c1-3-11(12,19(2,17)18)10(14)8-5-4-6-9(7-8)13(15)16/h4-7H,3H2,1-2H3/t11-/m0/s1. The molecule has 1 aromatic carbocycles. The minimum absolute atomic E-state index is 0.100. The summed E-state index contributed by atoms with van der Waals surface area (Å²) in [6.07, 6.45) is 0.730. The smallest absolute Gasteiger partial charge is 0.270 e. The van der Waals surface area contributed by atoms with E-state index in [0.717, 1.165) is 12.3 Å². The molecule has 0 aliphatic rings. The topological polar surface area (TPSA) is 94.3 Å². The molecule has 0 saturated carbocycles. The lowest BCUT2D eigenvalue weighted by atomic mass is 10.1. The van der Waals surface area contributed by atoms with Crippen molar-refractivity contribution in [1.82, 2.24) is 0 Å². The molecule has 0 N–H and O–H groups in total. The summed E-state index contributed by atoms with van der Waals surface area (Å²) in [5, 5.41) is 10.6. The third-order valence-corrected chi connectivity index (χ3v) is 5.63. The van der Waals surface area contributed by atoms with Gasteiger partial charge in [-0.25, -0.2) is 8.42 Å². The first-order chi connectivity index (χ1) is 8.63. The normalized spacial score (nSPS) is 14.7. The Kier molecular flexibility index (Phi) is 4.32. The van der Waals surface area contributed by atoms with Crippen LogP contribution in [0.5, 0.6) is 0 Å². The Labute approximate surface area is 115 Å². The molecule has 19 heavy (non-hydrogen) atoms. The molecule has 104 valence electrons. The van der Waals surface area contributed by atoms with E-state index in [1.165, 1.54) is 25.1 Å². The van der Waals surface area contributed by atoms with E-state index >= 15 is 0 Å². The molecule has 0 bridgehead atoms. The zero-order chi connectivity index (χ0) is 14.8. The fourth-order valence-corrected chi connectivity index (χ4v) is 2.66. The predicted molar refractivity (Wildman–Crippen MR) is 71.1 cm³/mol. The number of rotatable bonds is 5. The van der Waals surface area contributed by atoms with E-state index in [9.17, 15) is 23.3 Å². The van der Waals surface area contributed by atoms with Gasteiger partial charge in [-0.3, -0.25) is 14.9 Å². The molecule has 0 unspecified atom stereocenters. The second-order valence-electron chi connectivity index (χ2n) is 3.99. The molecule has 0 heterocycles. The van der Waals surface area contributed by atoms with E-state index in [1.807, 2.05) is 0 Å². The molecular weight excluding hydrogens is 294 g/mol. The van der Waals surface area contributed by atoms with Crippen LogP contribution in [0.25, 0.3) is 0 Å². The summed E-state index contributed by atoms with van der Waals surface area (Å²) in [5.74, 6) is -0.858. The van der Waals surface area contributed by atoms with Crippen molar-refractivity contribution in [1.29, 1.82) is 0 Å². The highest BCUT2D eigenvalue weighted by Crippen LogP contribution is 2.31. The molecule has 1 aromatic rings. The van der Waals surface area contributed by atoms with Crippen LogP contribution >= 0.6 is 11.6 Å². The third kappa shape index (κ3) is 2.93. The maximum Gasteiger partial charge on any atom is 0.270 e. The van der Waals surface area contributed by atoms with Crippen LogP contribution in [0, 0.1) is 10.1 Å². The van der Waals surface area contributed by atoms with Gasteiger partial charge in [0.2, 0.25) is 4.21 Å². The first-order valence-corrected chi connectivity index (χ1v) is 7.58. The van der Waals surface area contributed by atoms with Gasteiger partial charge in [-0.1, -0.05) is 30.7 Å². The van der Waals surface area contributed by atoms with Crippen LogP contribution in [0.2, 0.25) is 0 Å². The summed E-state index contributed by atoms with van der Waals surface area (Å²) in [5.41, 5.74) is -0.397. The van der Waals surface area contributed by atoms with Crippen LogP contribution in [0.1, 0.15) is 23.7 Å².